The summed E-state index contributed by atoms with van der Waals surface area (Å²) in [5, 5.41) is 10.9. The topological polar surface area (TPSA) is 105 Å². The summed E-state index contributed by atoms with van der Waals surface area (Å²) in [4.78, 5) is 27.3. The molecule has 0 saturated carbocycles. The maximum absolute atomic E-state index is 12.4. The minimum absolute atomic E-state index is 0.0301. The van der Waals surface area contributed by atoms with Crippen molar-refractivity contribution in [3.8, 4) is 0 Å². The van der Waals surface area contributed by atoms with Crippen LogP contribution in [0, 0.1) is 0 Å². The third kappa shape index (κ3) is 3.83. The summed E-state index contributed by atoms with van der Waals surface area (Å²) < 4.78 is 5.09. The Morgan fingerprint density at radius 3 is 2.50 bits per heavy atom. The lowest BCUT2D eigenvalue weighted by molar-refractivity contribution is -0.130. The van der Waals surface area contributed by atoms with E-state index in [4.69, 9.17) is 33.7 Å². The first-order chi connectivity index (χ1) is 13.3. The fraction of sp³-hybridized carbons (Fsp3) is 0.100. The summed E-state index contributed by atoms with van der Waals surface area (Å²) in [5.74, 6) is -1.79. The third-order valence-corrected chi connectivity index (χ3v) is 4.59. The van der Waals surface area contributed by atoms with Crippen LogP contribution in [0.5, 0.6) is 0 Å². The second-order valence-electron chi connectivity index (χ2n) is 5.93. The molecular formula is C20H16Cl2N2O4. The van der Waals surface area contributed by atoms with Gasteiger partial charge in [-0.15, -0.1) is 0 Å². The smallest absolute Gasteiger partial charge is 0.355 e. The molecule has 2 aromatic carbocycles. The number of ether oxygens (including phenoxy) is 1. The first-order valence-electron chi connectivity index (χ1n) is 8.30. The van der Waals surface area contributed by atoms with Crippen LogP contribution in [0.15, 0.2) is 36.4 Å². The van der Waals surface area contributed by atoms with Crippen molar-refractivity contribution in [2.45, 2.75) is 6.92 Å². The summed E-state index contributed by atoms with van der Waals surface area (Å²) in [6.07, 6.45) is 1.39. The average Bonchev–Trinajstić information content (AvgIpc) is 2.99. The number of hydrogen-bond acceptors (Lipinski definition) is 4. The van der Waals surface area contributed by atoms with Gasteiger partial charge in [-0.2, -0.15) is 0 Å². The number of aromatic nitrogens is 1. The van der Waals surface area contributed by atoms with Gasteiger partial charge >= 0.3 is 11.9 Å². The van der Waals surface area contributed by atoms with Crippen LogP contribution in [0.25, 0.3) is 22.6 Å². The van der Waals surface area contributed by atoms with Gasteiger partial charge in [0.1, 0.15) is 5.69 Å². The standard InChI is InChI=1S/C20H16Cl2N2O4/c1-2-28-20(27)18-14(17-15(22)7-11(21)8-16(17)24-18)9-13(19(25)26)10-3-5-12(23)6-4-10/h3-9,24H,2,23H2,1H3,(H,25,26)/b13-9-. The van der Waals surface area contributed by atoms with E-state index in [1.165, 1.54) is 12.1 Å². The third-order valence-electron chi connectivity index (χ3n) is 4.07. The molecule has 0 radical (unpaired) electrons. The van der Waals surface area contributed by atoms with Gasteiger partial charge in [-0.25, -0.2) is 9.59 Å². The molecule has 144 valence electrons. The molecule has 0 unspecified atom stereocenters. The summed E-state index contributed by atoms with van der Waals surface area (Å²) in [5.41, 5.74) is 7.48. The van der Waals surface area contributed by atoms with Crippen LogP contribution in [0.2, 0.25) is 10.0 Å². The van der Waals surface area contributed by atoms with E-state index >= 15 is 0 Å². The Morgan fingerprint density at radius 2 is 1.89 bits per heavy atom. The van der Waals surface area contributed by atoms with Crippen molar-refractivity contribution in [1.82, 2.24) is 4.98 Å². The molecule has 0 spiro atoms. The van der Waals surface area contributed by atoms with Gasteiger partial charge in [0.15, 0.2) is 0 Å². The maximum atomic E-state index is 12.4. The summed E-state index contributed by atoms with van der Waals surface area (Å²) >= 11 is 12.4. The molecule has 8 heteroatoms. The normalized spacial score (nSPS) is 11.6. The van der Waals surface area contributed by atoms with Crippen molar-refractivity contribution >= 4 is 63.4 Å². The minimum atomic E-state index is -1.17. The van der Waals surface area contributed by atoms with Crippen LogP contribution in [-0.4, -0.2) is 28.6 Å². The Kier molecular flexibility index (Phi) is 5.63. The van der Waals surface area contributed by atoms with Gasteiger partial charge in [-0.05, 0) is 42.8 Å². The highest BCUT2D eigenvalue weighted by atomic mass is 35.5. The van der Waals surface area contributed by atoms with Crippen molar-refractivity contribution < 1.29 is 19.4 Å². The van der Waals surface area contributed by atoms with Gasteiger partial charge in [0, 0.05) is 27.2 Å². The number of carboxylic acids is 1. The lowest BCUT2D eigenvalue weighted by Gasteiger charge is -2.06. The van der Waals surface area contributed by atoms with Crippen LogP contribution < -0.4 is 5.73 Å². The Balaban J connectivity index is 2.30. The molecule has 0 saturated heterocycles. The number of aliphatic carboxylic acids is 1. The molecule has 4 N–H and O–H groups in total. The zero-order valence-corrected chi connectivity index (χ0v) is 16.3. The molecule has 0 atom stereocenters. The summed E-state index contributed by atoms with van der Waals surface area (Å²) in [7, 11) is 0. The van der Waals surface area contributed by atoms with Gasteiger partial charge in [-0.3, -0.25) is 0 Å². The van der Waals surface area contributed by atoms with Crippen LogP contribution in [-0.2, 0) is 9.53 Å². The number of carbonyl (C=O) groups is 2. The van der Waals surface area contributed by atoms with Gasteiger partial charge in [0.05, 0.1) is 17.2 Å². The monoisotopic (exact) mass is 418 g/mol. The van der Waals surface area contributed by atoms with Crippen molar-refractivity contribution in [1.29, 1.82) is 0 Å². The van der Waals surface area contributed by atoms with Crippen LogP contribution >= 0.6 is 23.2 Å². The predicted molar refractivity (Wildman–Crippen MR) is 111 cm³/mol. The van der Waals surface area contributed by atoms with E-state index in [2.05, 4.69) is 4.98 Å². The molecule has 0 fully saturated rings. The molecule has 6 nitrogen and oxygen atoms in total. The maximum Gasteiger partial charge on any atom is 0.355 e. The number of nitrogens with one attached hydrogen (secondary N) is 1. The first-order valence-corrected chi connectivity index (χ1v) is 9.06. The minimum Gasteiger partial charge on any atom is -0.478 e. The van der Waals surface area contributed by atoms with Gasteiger partial charge in [0.2, 0.25) is 0 Å². The van der Waals surface area contributed by atoms with Gasteiger partial charge in [-0.1, -0.05) is 35.3 Å². The SMILES string of the molecule is CCOC(=O)c1[nH]c2cc(Cl)cc(Cl)c2c1/C=C(\C(=O)O)c1ccc(N)cc1. The molecule has 0 aliphatic rings. The number of aromatic amines is 1. The number of anilines is 1. The van der Waals surface area contributed by atoms with Gasteiger partial charge < -0.3 is 20.6 Å². The number of nitrogens with two attached hydrogens (primary N) is 1. The molecule has 0 aliphatic carbocycles. The molecule has 1 aromatic heterocycles. The largest absolute Gasteiger partial charge is 0.478 e. The van der Waals surface area contributed by atoms with Crippen molar-refractivity contribution in [3.63, 3.8) is 0 Å². The fourth-order valence-electron chi connectivity index (χ4n) is 2.86. The highest BCUT2D eigenvalue weighted by Gasteiger charge is 2.22. The van der Waals surface area contributed by atoms with Crippen molar-refractivity contribution in [3.05, 3.63) is 63.3 Å². The molecule has 3 rings (SSSR count). The molecule has 28 heavy (non-hydrogen) atoms. The number of H-pyrrole nitrogens is 1. The lowest BCUT2D eigenvalue weighted by atomic mass is 10.0. The summed E-state index contributed by atoms with van der Waals surface area (Å²) in [6, 6.07) is 9.50. The number of nitrogen functional groups attached to an aromatic ring is 1. The Labute approximate surface area is 170 Å². The van der Waals surface area contributed by atoms with E-state index in [-0.39, 0.29) is 22.9 Å². The number of carbonyl (C=O) groups excluding carboxylic acids is 1. The molecular weight excluding hydrogens is 403 g/mol. The zero-order chi connectivity index (χ0) is 20.4. The molecule has 0 aliphatic heterocycles. The molecule has 3 aromatic rings. The second kappa shape index (κ2) is 7.96. The number of esters is 1. The number of hydrogen-bond donors (Lipinski definition) is 3. The molecule has 1 heterocycles. The van der Waals surface area contributed by atoms with Crippen molar-refractivity contribution in [2.24, 2.45) is 0 Å². The number of halogens is 2. The van der Waals surface area contributed by atoms with E-state index in [1.807, 2.05) is 0 Å². The number of benzene rings is 2. The number of fused-ring (bicyclic) bond motifs is 1. The fourth-order valence-corrected chi connectivity index (χ4v) is 3.45. The number of rotatable bonds is 5. The van der Waals surface area contributed by atoms with E-state index in [0.717, 1.165) is 0 Å². The van der Waals surface area contributed by atoms with E-state index < -0.39 is 11.9 Å². The first kappa shape index (κ1) is 19.8. The van der Waals surface area contributed by atoms with Crippen molar-refractivity contribution in [2.75, 3.05) is 12.3 Å². The lowest BCUT2D eigenvalue weighted by Crippen LogP contribution is -2.07. The number of carboxylic acid groups (broad SMARTS) is 1. The van der Waals surface area contributed by atoms with E-state index in [0.29, 0.717) is 32.7 Å². The van der Waals surface area contributed by atoms with Crippen LogP contribution in [0.3, 0.4) is 0 Å². The predicted octanol–water partition coefficient (Wildman–Crippen LogP) is 4.86. The Hall–Kier alpha value is -2.96. The second-order valence-corrected chi connectivity index (χ2v) is 6.77. The van der Waals surface area contributed by atoms with E-state index in [1.54, 1.807) is 37.3 Å². The van der Waals surface area contributed by atoms with Crippen LogP contribution in [0.4, 0.5) is 5.69 Å². The zero-order valence-electron chi connectivity index (χ0n) is 14.8. The summed E-state index contributed by atoms with van der Waals surface area (Å²) in [6.45, 7) is 1.84. The van der Waals surface area contributed by atoms with E-state index in [9.17, 15) is 14.7 Å². The Bertz CT molecular complexity index is 1100. The highest BCUT2D eigenvalue weighted by Crippen LogP contribution is 2.35. The Morgan fingerprint density at radius 1 is 1.21 bits per heavy atom. The quantitative estimate of drug-likeness (QED) is 0.311. The average molecular weight is 419 g/mol. The molecule has 0 bridgehead atoms. The molecule has 0 amide bonds. The highest BCUT2D eigenvalue weighted by molar-refractivity contribution is 6.39. The van der Waals surface area contributed by atoms with Gasteiger partial charge in [0.25, 0.3) is 0 Å². The van der Waals surface area contributed by atoms with Crippen LogP contribution in [0.1, 0.15) is 28.5 Å².